The molecule has 2 aromatic carbocycles. The van der Waals surface area contributed by atoms with E-state index in [4.69, 9.17) is 21.1 Å². The predicted octanol–water partition coefficient (Wildman–Crippen LogP) is 4.48. The molecule has 2 aliphatic heterocycles. The fraction of sp³-hybridized carbons (Fsp3) is 0.440. The predicted molar refractivity (Wildman–Crippen MR) is 129 cm³/mol. The number of nitrogens with one attached hydrogen (secondary N) is 3. The molecule has 0 bridgehead atoms. The van der Waals surface area contributed by atoms with E-state index in [1.54, 1.807) is 38.5 Å². The third-order valence-corrected chi connectivity index (χ3v) is 6.75. The summed E-state index contributed by atoms with van der Waals surface area (Å²) in [4.78, 5) is 27.2. The first-order valence-corrected chi connectivity index (χ1v) is 11.5. The Kier molecular flexibility index (Phi) is 6.29. The van der Waals surface area contributed by atoms with E-state index in [1.807, 2.05) is 13.0 Å². The van der Waals surface area contributed by atoms with Crippen molar-refractivity contribution in [1.82, 2.24) is 5.32 Å². The SMILES string of the molecule is COc1ccc(OC)c(NC(=O)C2CC(CC(C)C)NC23C(=O)Nc2c(C)cc(Cl)cc23)c1. The average molecular weight is 472 g/mol. The molecular formula is C25H30ClN3O4. The van der Waals surface area contributed by atoms with Gasteiger partial charge in [0.05, 0.1) is 25.8 Å². The zero-order valence-electron chi connectivity index (χ0n) is 19.5. The van der Waals surface area contributed by atoms with Gasteiger partial charge in [0.15, 0.2) is 0 Å². The van der Waals surface area contributed by atoms with Crippen LogP contribution in [0, 0.1) is 18.8 Å². The number of amides is 2. The summed E-state index contributed by atoms with van der Waals surface area (Å²) in [5.74, 6) is 0.376. The van der Waals surface area contributed by atoms with Gasteiger partial charge in [-0.2, -0.15) is 0 Å². The molecule has 2 heterocycles. The van der Waals surface area contributed by atoms with E-state index in [1.165, 1.54) is 0 Å². The van der Waals surface area contributed by atoms with E-state index in [2.05, 4.69) is 29.8 Å². The van der Waals surface area contributed by atoms with Crippen molar-refractivity contribution in [2.45, 2.75) is 45.2 Å². The number of methoxy groups -OCH3 is 2. The molecule has 0 radical (unpaired) electrons. The van der Waals surface area contributed by atoms with Gasteiger partial charge < -0.3 is 20.1 Å². The summed E-state index contributed by atoms with van der Waals surface area (Å²) < 4.78 is 10.7. The molecule has 8 heteroatoms. The van der Waals surface area contributed by atoms with Crippen molar-refractivity contribution in [3.05, 3.63) is 46.5 Å². The number of rotatable bonds is 6. The molecular weight excluding hydrogens is 442 g/mol. The van der Waals surface area contributed by atoms with Crippen LogP contribution in [0.25, 0.3) is 0 Å². The summed E-state index contributed by atoms with van der Waals surface area (Å²) in [5, 5.41) is 10.1. The molecule has 7 nitrogen and oxygen atoms in total. The summed E-state index contributed by atoms with van der Waals surface area (Å²) >= 11 is 6.39. The van der Waals surface area contributed by atoms with Crippen molar-refractivity contribution in [2.24, 2.45) is 11.8 Å². The minimum Gasteiger partial charge on any atom is -0.497 e. The fourth-order valence-corrected chi connectivity index (χ4v) is 5.42. The normalized spacial score (nSPS) is 23.5. The minimum atomic E-state index is -1.19. The molecule has 3 N–H and O–H groups in total. The number of aryl methyl sites for hydroxylation is 1. The highest BCUT2D eigenvalue weighted by molar-refractivity contribution is 6.31. The van der Waals surface area contributed by atoms with E-state index in [0.29, 0.717) is 34.5 Å². The second kappa shape index (κ2) is 8.88. The number of ether oxygens (including phenoxy) is 2. The molecule has 176 valence electrons. The Bertz CT molecular complexity index is 1100. The van der Waals surface area contributed by atoms with Crippen LogP contribution >= 0.6 is 11.6 Å². The fourth-order valence-electron chi connectivity index (χ4n) is 5.15. The summed E-state index contributed by atoms with van der Waals surface area (Å²) in [6, 6.07) is 8.82. The lowest BCUT2D eigenvalue weighted by Gasteiger charge is -2.29. The van der Waals surface area contributed by atoms with Crippen LogP contribution in [0.1, 0.15) is 37.8 Å². The van der Waals surface area contributed by atoms with Crippen LogP contribution in [0.3, 0.4) is 0 Å². The van der Waals surface area contributed by atoms with Gasteiger partial charge in [0.25, 0.3) is 0 Å². The molecule has 1 spiro atoms. The second-order valence-electron chi connectivity index (χ2n) is 9.22. The highest BCUT2D eigenvalue weighted by Gasteiger charge is 2.60. The lowest BCUT2D eigenvalue weighted by atomic mass is 9.79. The third-order valence-electron chi connectivity index (χ3n) is 6.53. The Labute approximate surface area is 199 Å². The number of anilines is 2. The molecule has 3 unspecified atom stereocenters. The van der Waals surface area contributed by atoms with Crippen LogP contribution in [-0.4, -0.2) is 32.1 Å². The summed E-state index contributed by atoms with van der Waals surface area (Å²) in [5.41, 5.74) is 1.61. The first-order valence-electron chi connectivity index (χ1n) is 11.1. The molecule has 33 heavy (non-hydrogen) atoms. The minimum absolute atomic E-state index is 0.00365. The molecule has 2 aliphatic rings. The number of carbonyl (C=O) groups is 2. The van der Waals surface area contributed by atoms with Gasteiger partial charge in [-0.1, -0.05) is 25.4 Å². The molecule has 2 aromatic rings. The van der Waals surface area contributed by atoms with Crippen LogP contribution in [0.5, 0.6) is 11.5 Å². The maximum absolute atomic E-state index is 13.7. The van der Waals surface area contributed by atoms with E-state index in [-0.39, 0.29) is 17.9 Å². The zero-order valence-corrected chi connectivity index (χ0v) is 20.3. The molecule has 0 aromatic heterocycles. The average Bonchev–Trinajstić information content (AvgIpc) is 3.27. The summed E-state index contributed by atoms with van der Waals surface area (Å²) in [6.07, 6.45) is 1.37. The number of hydrogen-bond acceptors (Lipinski definition) is 5. The molecule has 1 fully saturated rings. The van der Waals surface area contributed by atoms with Crippen LogP contribution in [0.2, 0.25) is 5.02 Å². The highest BCUT2D eigenvalue weighted by Crippen LogP contribution is 2.50. The van der Waals surface area contributed by atoms with Crippen molar-refractivity contribution < 1.29 is 19.1 Å². The Hall–Kier alpha value is -2.77. The second-order valence-corrected chi connectivity index (χ2v) is 9.66. The zero-order chi connectivity index (χ0) is 23.9. The van der Waals surface area contributed by atoms with E-state index >= 15 is 0 Å². The molecule has 0 saturated carbocycles. The molecule has 1 saturated heterocycles. The van der Waals surface area contributed by atoms with Gasteiger partial charge in [-0.3, -0.25) is 14.9 Å². The molecule has 0 aliphatic carbocycles. The number of benzene rings is 2. The van der Waals surface area contributed by atoms with Crippen LogP contribution in [0.15, 0.2) is 30.3 Å². The number of hydrogen-bond donors (Lipinski definition) is 3. The Morgan fingerprint density at radius 2 is 2.00 bits per heavy atom. The Morgan fingerprint density at radius 3 is 2.67 bits per heavy atom. The lowest BCUT2D eigenvalue weighted by molar-refractivity contribution is -0.130. The maximum atomic E-state index is 13.7. The summed E-state index contributed by atoms with van der Waals surface area (Å²) in [7, 11) is 3.10. The summed E-state index contributed by atoms with van der Waals surface area (Å²) in [6.45, 7) is 6.17. The third kappa shape index (κ3) is 4.04. The van der Waals surface area contributed by atoms with Crippen LogP contribution < -0.4 is 25.4 Å². The number of fused-ring (bicyclic) bond motifs is 2. The van der Waals surface area contributed by atoms with Crippen molar-refractivity contribution in [1.29, 1.82) is 0 Å². The van der Waals surface area contributed by atoms with Crippen molar-refractivity contribution in [3.63, 3.8) is 0 Å². The standard InChI is InChI=1S/C25H30ClN3O4/c1-13(2)8-16-11-19(23(30)27-20-12-17(32-4)6-7-21(20)33-5)25(29-16)18-10-15(26)9-14(3)22(18)28-24(25)31/h6-7,9-10,12-13,16,19,29H,8,11H2,1-5H3,(H,27,30)(H,28,31). The Balaban J connectivity index is 1.77. The lowest BCUT2D eigenvalue weighted by Crippen LogP contribution is -2.52. The van der Waals surface area contributed by atoms with Gasteiger partial charge >= 0.3 is 0 Å². The highest BCUT2D eigenvalue weighted by atomic mass is 35.5. The largest absolute Gasteiger partial charge is 0.497 e. The van der Waals surface area contributed by atoms with Crippen LogP contribution in [0.4, 0.5) is 11.4 Å². The topological polar surface area (TPSA) is 88.7 Å². The van der Waals surface area contributed by atoms with Crippen molar-refractivity contribution >= 4 is 34.8 Å². The van der Waals surface area contributed by atoms with Gasteiger partial charge in [0, 0.05) is 28.4 Å². The first-order chi connectivity index (χ1) is 15.7. The monoisotopic (exact) mass is 471 g/mol. The first kappa shape index (κ1) is 23.4. The van der Waals surface area contributed by atoms with E-state index in [0.717, 1.165) is 23.2 Å². The number of halogens is 1. The molecule has 3 atom stereocenters. The van der Waals surface area contributed by atoms with Gasteiger partial charge in [0.2, 0.25) is 11.8 Å². The van der Waals surface area contributed by atoms with Gasteiger partial charge in [0.1, 0.15) is 17.0 Å². The van der Waals surface area contributed by atoms with Gasteiger partial charge in [-0.15, -0.1) is 0 Å². The van der Waals surface area contributed by atoms with Crippen molar-refractivity contribution in [3.8, 4) is 11.5 Å². The molecule has 2 amide bonds. The van der Waals surface area contributed by atoms with E-state index < -0.39 is 11.5 Å². The number of carbonyl (C=O) groups excluding carboxylic acids is 2. The van der Waals surface area contributed by atoms with E-state index in [9.17, 15) is 9.59 Å². The van der Waals surface area contributed by atoms with Gasteiger partial charge in [-0.25, -0.2) is 0 Å². The Morgan fingerprint density at radius 1 is 1.24 bits per heavy atom. The smallest absolute Gasteiger partial charge is 0.250 e. The maximum Gasteiger partial charge on any atom is 0.250 e. The molecule has 4 rings (SSSR count). The quantitative estimate of drug-likeness (QED) is 0.578. The van der Waals surface area contributed by atoms with Crippen LogP contribution in [-0.2, 0) is 15.1 Å². The van der Waals surface area contributed by atoms with Gasteiger partial charge in [-0.05, 0) is 55.5 Å². The van der Waals surface area contributed by atoms with Crippen molar-refractivity contribution in [2.75, 3.05) is 24.9 Å².